The van der Waals surface area contributed by atoms with Crippen molar-refractivity contribution in [2.24, 2.45) is 4.99 Å². The van der Waals surface area contributed by atoms with Crippen LogP contribution < -0.4 is 25.0 Å². The summed E-state index contributed by atoms with van der Waals surface area (Å²) in [4.78, 5) is 11.8. The zero-order chi connectivity index (χ0) is 21.9. The molecule has 0 amide bonds. The minimum atomic E-state index is 0.596. The molecule has 2 N–H and O–H groups in total. The van der Waals surface area contributed by atoms with Gasteiger partial charge in [-0.05, 0) is 49.6 Å². The highest BCUT2D eigenvalue weighted by molar-refractivity contribution is 5.79. The predicted octanol–water partition coefficient (Wildman–Crippen LogP) is 3.73. The minimum absolute atomic E-state index is 0.596. The lowest BCUT2D eigenvalue weighted by Gasteiger charge is -2.21. The van der Waals surface area contributed by atoms with Crippen LogP contribution in [0.4, 0.5) is 5.82 Å². The molecular weight excluding hydrogens is 390 g/mol. The summed E-state index contributed by atoms with van der Waals surface area (Å²) in [6.45, 7) is 6.24. The quantitative estimate of drug-likeness (QED) is 0.496. The lowest BCUT2D eigenvalue weighted by molar-refractivity contribution is 0.390. The second-order valence-electron chi connectivity index (χ2n) is 7.65. The fourth-order valence-electron chi connectivity index (χ4n) is 3.72. The third kappa shape index (κ3) is 6.77. The smallest absolute Gasteiger partial charge is 0.191 e. The van der Waals surface area contributed by atoms with Crippen LogP contribution >= 0.6 is 0 Å². The van der Waals surface area contributed by atoms with Gasteiger partial charge < -0.3 is 25.0 Å². The largest absolute Gasteiger partial charge is 0.497 e. The first-order chi connectivity index (χ1) is 15.2. The van der Waals surface area contributed by atoms with Crippen molar-refractivity contribution in [2.45, 2.75) is 45.7 Å². The van der Waals surface area contributed by atoms with Gasteiger partial charge in [-0.2, -0.15) is 0 Å². The molecule has 0 bridgehead atoms. The van der Waals surface area contributed by atoms with E-state index in [9.17, 15) is 0 Å². The van der Waals surface area contributed by atoms with Crippen LogP contribution in [0.2, 0.25) is 0 Å². The molecule has 2 aromatic rings. The summed E-state index contributed by atoms with van der Waals surface area (Å²) in [6.07, 6.45) is 7.02. The molecule has 3 rings (SSSR count). The van der Waals surface area contributed by atoms with Gasteiger partial charge in [0.05, 0.1) is 20.8 Å². The molecule has 168 valence electrons. The van der Waals surface area contributed by atoms with Crippen molar-refractivity contribution in [3.8, 4) is 11.5 Å². The average Bonchev–Trinajstić information content (AvgIpc) is 3.10. The summed E-state index contributed by atoms with van der Waals surface area (Å²) < 4.78 is 10.8. The molecule has 1 aromatic heterocycles. The van der Waals surface area contributed by atoms with Crippen molar-refractivity contribution < 1.29 is 9.47 Å². The van der Waals surface area contributed by atoms with E-state index in [0.29, 0.717) is 13.1 Å². The first-order valence-corrected chi connectivity index (χ1v) is 11.2. The third-order valence-corrected chi connectivity index (χ3v) is 5.44. The number of hydrogen-bond acceptors (Lipinski definition) is 5. The van der Waals surface area contributed by atoms with Crippen molar-refractivity contribution >= 4 is 11.8 Å². The Hall–Kier alpha value is -2.96. The molecular formula is C24H35N5O2. The van der Waals surface area contributed by atoms with E-state index in [1.807, 2.05) is 30.5 Å². The SMILES string of the molecule is CCNC(=NCc1ccnc(N2CCCCCC2)c1)NCc1ccc(OC)cc1OC. The zero-order valence-corrected chi connectivity index (χ0v) is 19.0. The van der Waals surface area contributed by atoms with Gasteiger partial charge in [0.15, 0.2) is 5.96 Å². The summed E-state index contributed by atoms with van der Waals surface area (Å²) in [5, 5.41) is 6.71. The van der Waals surface area contributed by atoms with Crippen LogP contribution in [0.5, 0.6) is 11.5 Å². The molecule has 2 heterocycles. The predicted molar refractivity (Wildman–Crippen MR) is 126 cm³/mol. The van der Waals surface area contributed by atoms with E-state index in [1.54, 1.807) is 14.2 Å². The van der Waals surface area contributed by atoms with Crippen LogP contribution in [-0.4, -0.2) is 44.8 Å². The molecule has 0 spiro atoms. The normalized spacial score (nSPS) is 14.7. The third-order valence-electron chi connectivity index (χ3n) is 5.44. The van der Waals surface area contributed by atoms with E-state index in [2.05, 4.69) is 33.5 Å². The molecule has 1 saturated heterocycles. The summed E-state index contributed by atoms with van der Waals surface area (Å²) in [5.74, 6) is 3.40. The maximum Gasteiger partial charge on any atom is 0.191 e. The number of nitrogens with one attached hydrogen (secondary N) is 2. The van der Waals surface area contributed by atoms with Crippen molar-refractivity contribution in [2.75, 3.05) is 38.8 Å². The highest BCUT2D eigenvalue weighted by Gasteiger charge is 2.11. The molecule has 0 unspecified atom stereocenters. The van der Waals surface area contributed by atoms with Crippen LogP contribution in [0, 0.1) is 0 Å². The molecule has 0 saturated carbocycles. The van der Waals surface area contributed by atoms with E-state index >= 15 is 0 Å². The number of benzene rings is 1. The Labute approximate surface area is 185 Å². The lowest BCUT2D eigenvalue weighted by atomic mass is 10.2. The van der Waals surface area contributed by atoms with Gasteiger partial charge in [-0.25, -0.2) is 9.98 Å². The lowest BCUT2D eigenvalue weighted by Crippen LogP contribution is -2.36. The first-order valence-electron chi connectivity index (χ1n) is 11.2. The van der Waals surface area contributed by atoms with Gasteiger partial charge >= 0.3 is 0 Å². The van der Waals surface area contributed by atoms with Gasteiger partial charge in [0, 0.05) is 44.0 Å². The molecule has 7 heteroatoms. The number of methoxy groups -OCH3 is 2. The molecule has 1 fully saturated rings. The Morgan fingerprint density at radius 3 is 2.55 bits per heavy atom. The Balaban J connectivity index is 1.65. The molecule has 0 atom stereocenters. The maximum atomic E-state index is 5.50. The Morgan fingerprint density at radius 1 is 1.03 bits per heavy atom. The molecule has 1 aromatic carbocycles. The van der Waals surface area contributed by atoms with Crippen molar-refractivity contribution in [1.29, 1.82) is 0 Å². The second kappa shape index (κ2) is 12.0. The van der Waals surface area contributed by atoms with E-state index in [0.717, 1.165) is 54.0 Å². The van der Waals surface area contributed by atoms with Crippen LogP contribution in [0.3, 0.4) is 0 Å². The number of aromatic nitrogens is 1. The molecule has 1 aliphatic heterocycles. The van der Waals surface area contributed by atoms with Gasteiger partial charge in [0.2, 0.25) is 0 Å². The van der Waals surface area contributed by atoms with Gasteiger partial charge in [-0.3, -0.25) is 0 Å². The number of hydrogen-bond donors (Lipinski definition) is 2. The van der Waals surface area contributed by atoms with Gasteiger partial charge in [0.1, 0.15) is 17.3 Å². The van der Waals surface area contributed by atoms with Gasteiger partial charge in [-0.15, -0.1) is 0 Å². The average molecular weight is 426 g/mol. The Bertz CT molecular complexity index is 848. The van der Waals surface area contributed by atoms with Crippen molar-refractivity contribution in [1.82, 2.24) is 15.6 Å². The Kier molecular flexibility index (Phi) is 8.82. The van der Waals surface area contributed by atoms with Crippen molar-refractivity contribution in [3.05, 3.63) is 47.7 Å². The van der Waals surface area contributed by atoms with E-state index in [-0.39, 0.29) is 0 Å². The zero-order valence-electron chi connectivity index (χ0n) is 19.0. The van der Waals surface area contributed by atoms with E-state index < -0.39 is 0 Å². The number of rotatable bonds is 8. The first kappa shape index (κ1) is 22.7. The monoisotopic (exact) mass is 425 g/mol. The summed E-state index contributed by atoms with van der Waals surface area (Å²) in [6, 6.07) is 10.0. The molecule has 0 radical (unpaired) electrons. The highest BCUT2D eigenvalue weighted by Crippen LogP contribution is 2.24. The van der Waals surface area contributed by atoms with Crippen LogP contribution in [0.25, 0.3) is 0 Å². The fraction of sp³-hybridized carbons (Fsp3) is 0.500. The number of guanidine groups is 1. The van der Waals surface area contributed by atoms with Crippen LogP contribution in [0.1, 0.15) is 43.7 Å². The second-order valence-corrected chi connectivity index (χ2v) is 7.65. The topological polar surface area (TPSA) is 71.0 Å². The number of aliphatic imine (C=N–C) groups is 1. The van der Waals surface area contributed by atoms with Crippen molar-refractivity contribution in [3.63, 3.8) is 0 Å². The number of anilines is 1. The molecule has 31 heavy (non-hydrogen) atoms. The Morgan fingerprint density at radius 2 is 1.84 bits per heavy atom. The number of nitrogens with zero attached hydrogens (tertiary/aromatic N) is 3. The number of ether oxygens (including phenoxy) is 2. The summed E-state index contributed by atoms with van der Waals surface area (Å²) in [5.41, 5.74) is 2.20. The van der Waals surface area contributed by atoms with E-state index in [4.69, 9.17) is 14.5 Å². The van der Waals surface area contributed by atoms with Gasteiger partial charge in [-0.1, -0.05) is 12.8 Å². The van der Waals surface area contributed by atoms with Crippen LogP contribution in [-0.2, 0) is 13.1 Å². The maximum absolute atomic E-state index is 5.50. The fourth-order valence-corrected chi connectivity index (χ4v) is 3.72. The standard InChI is InChI=1S/C24H35N5O2/c1-4-25-24(28-18-20-9-10-21(30-2)16-22(20)31-3)27-17-19-11-12-26-23(15-19)29-13-7-5-6-8-14-29/h9-12,15-16H,4-8,13-14,17-18H2,1-3H3,(H2,25,27,28). The molecule has 1 aliphatic rings. The van der Waals surface area contributed by atoms with Crippen LogP contribution in [0.15, 0.2) is 41.5 Å². The van der Waals surface area contributed by atoms with Gasteiger partial charge in [0.25, 0.3) is 0 Å². The highest BCUT2D eigenvalue weighted by atomic mass is 16.5. The number of pyridine rings is 1. The summed E-state index contributed by atoms with van der Waals surface area (Å²) in [7, 11) is 3.32. The molecule has 0 aliphatic carbocycles. The molecule has 7 nitrogen and oxygen atoms in total. The van der Waals surface area contributed by atoms with E-state index in [1.165, 1.54) is 25.7 Å². The summed E-state index contributed by atoms with van der Waals surface area (Å²) >= 11 is 0. The minimum Gasteiger partial charge on any atom is -0.497 e.